The molecular weight excluding hydrogens is 240 g/mol. The van der Waals surface area contributed by atoms with Gasteiger partial charge in [-0.05, 0) is 29.0 Å². The number of ether oxygens (including phenoxy) is 1. The molecule has 0 saturated heterocycles. The number of fused-ring (bicyclic) bond motifs is 1. The monoisotopic (exact) mass is 252 g/mol. The summed E-state index contributed by atoms with van der Waals surface area (Å²) in [5.74, 6) is 1.40. The summed E-state index contributed by atoms with van der Waals surface area (Å²) in [5, 5.41) is 2.16. The minimum atomic E-state index is -0.153. The van der Waals surface area contributed by atoms with E-state index in [1.54, 1.807) is 7.11 Å². The van der Waals surface area contributed by atoms with E-state index in [1.807, 2.05) is 36.4 Å². The van der Waals surface area contributed by atoms with Crippen LogP contribution in [0, 0.1) is 0 Å². The van der Waals surface area contributed by atoms with Crippen molar-refractivity contribution in [2.75, 3.05) is 7.11 Å². The number of nitrogens with one attached hydrogen (secondary N) is 1. The smallest absolute Gasteiger partial charge is 0.251 e. The maximum atomic E-state index is 11.3. The lowest BCUT2D eigenvalue weighted by Gasteiger charge is -2.05. The Hall–Kier alpha value is -2.62. The van der Waals surface area contributed by atoms with Crippen molar-refractivity contribution in [3.05, 3.63) is 59.0 Å². The van der Waals surface area contributed by atoms with E-state index in [9.17, 15) is 4.79 Å². The number of H-pyrrole nitrogens is 1. The summed E-state index contributed by atoms with van der Waals surface area (Å²) in [4.78, 5) is 18.2. The van der Waals surface area contributed by atoms with Crippen molar-refractivity contribution in [3.63, 3.8) is 0 Å². The Balaban J connectivity index is 2.14. The molecule has 0 amide bonds. The molecule has 4 nitrogen and oxygen atoms in total. The molecule has 4 heteroatoms. The number of benzene rings is 2. The van der Waals surface area contributed by atoms with Gasteiger partial charge in [0.1, 0.15) is 11.6 Å². The SMILES string of the molecule is COc1ccc2cc(-c3nccc(=O)[nH]3)ccc2c1. The highest BCUT2D eigenvalue weighted by molar-refractivity contribution is 5.87. The first kappa shape index (κ1) is 11.5. The van der Waals surface area contributed by atoms with Gasteiger partial charge in [-0.2, -0.15) is 0 Å². The third-order valence-electron chi connectivity index (χ3n) is 2.99. The quantitative estimate of drug-likeness (QED) is 0.762. The Labute approximate surface area is 109 Å². The molecule has 1 aromatic heterocycles. The van der Waals surface area contributed by atoms with E-state index < -0.39 is 0 Å². The van der Waals surface area contributed by atoms with Crippen LogP contribution in [0.2, 0.25) is 0 Å². The van der Waals surface area contributed by atoms with Crippen LogP contribution in [0.25, 0.3) is 22.2 Å². The van der Waals surface area contributed by atoms with Gasteiger partial charge in [-0.1, -0.05) is 18.2 Å². The average molecular weight is 252 g/mol. The van der Waals surface area contributed by atoms with Crippen LogP contribution in [0.3, 0.4) is 0 Å². The molecule has 0 aliphatic heterocycles. The second-order valence-electron chi connectivity index (χ2n) is 4.21. The van der Waals surface area contributed by atoms with E-state index in [0.717, 1.165) is 22.1 Å². The van der Waals surface area contributed by atoms with Crippen molar-refractivity contribution in [1.29, 1.82) is 0 Å². The van der Waals surface area contributed by atoms with E-state index in [2.05, 4.69) is 9.97 Å². The van der Waals surface area contributed by atoms with Gasteiger partial charge in [0.15, 0.2) is 0 Å². The number of hydrogen-bond acceptors (Lipinski definition) is 3. The van der Waals surface area contributed by atoms with Crippen molar-refractivity contribution in [2.24, 2.45) is 0 Å². The van der Waals surface area contributed by atoms with Crippen LogP contribution in [-0.4, -0.2) is 17.1 Å². The molecule has 3 aromatic rings. The summed E-state index contributed by atoms with van der Waals surface area (Å²) in [6.07, 6.45) is 1.51. The number of nitrogens with zero attached hydrogens (tertiary/aromatic N) is 1. The van der Waals surface area contributed by atoms with Crippen LogP contribution in [0.15, 0.2) is 53.5 Å². The van der Waals surface area contributed by atoms with Crippen LogP contribution >= 0.6 is 0 Å². The number of aromatic nitrogens is 2. The molecule has 94 valence electrons. The molecular formula is C15H12N2O2. The molecule has 0 fully saturated rings. The fraction of sp³-hybridized carbons (Fsp3) is 0.0667. The molecule has 0 aliphatic carbocycles. The van der Waals surface area contributed by atoms with E-state index >= 15 is 0 Å². The Bertz CT molecular complexity index is 793. The Morgan fingerprint density at radius 3 is 2.63 bits per heavy atom. The molecule has 1 heterocycles. The van der Waals surface area contributed by atoms with Gasteiger partial charge in [0.25, 0.3) is 5.56 Å². The first-order valence-electron chi connectivity index (χ1n) is 5.90. The Kier molecular flexibility index (Phi) is 2.76. The largest absolute Gasteiger partial charge is 0.497 e. The van der Waals surface area contributed by atoms with Gasteiger partial charge in [0.05, 0.1) is 7.11 Å². The zero-order chi connectivity index (χ0) is 13.2. The van der Waals surface area contributed by atoms with Gasteiger partial charge in [-0.3, -0.25) is 4.79 Å². The molecule has 0 saturated carbocycles. The highest BCUT2D eigenvalue weighted by atomic mass is 16.5. The minimum absolute atomic E-state index is 0.153. The van der Waals surface area contributed by atoms with Crippen molar-refractivity contribution >= 4 is 10.8 Å². The molecule has 2 aromatic carbocycles. The highest BCUT2D eigenvalue weighted by Crippen LogP contribution is 2.24. The summed E-state index contributed by atoms with van der Waals surface area (Å²) in [5.41, 5.74) is 0.732. The summed E-state index contributed by atoms with van der Waals surface area (Å²) in [7, 11) is 1.65. The predicted molar refractivity (Wildman–Crippen MR) is 74.4 cm³/mol. The maximum absolute atomic E-state index is 11.3. The molecule has 0 unspecified atom stereocenters. The zero-order valence-electron chi connectivity index (χ0n) is 10.4. The summed E-state index contributed by atoms with van der Waals surface area (Å²) in [6.45, 7) is 0. The highest BCUT2D eigenvalue weighted by Gasteiger charge is 2.02. The van der Waals surface area contributed by atoms with Crippen LogP contribution in [0.1, 0.15) is 0 Å². The number of aromatic amines is 1. The van der Waals surface area contributed by atoms with Gasteiger partial charge in [0, 0.05) is 17.8 Å². The van der Waals surface area contributed by atoms with E-state index in [1.165, 1.54) is 12.3 Å². The minimum Gasteiger partial charge on any atom is -0.497 e. The van der Waals surface area contributed by atoms with Gasteiger partial charge < -0.3 is 9.72 Å². The van der Waals surface area contributed by atoms with Crippen molar-refractivity contribution in [1.82, 2.24) is 9.97 Å². The lowest BCUT2D eigenvalue weighted by atomic mass is 10.1. The first-order chi connectivity index (χ1) is 9.26. The van der Waals surface area contributed by atoms with Gasteiger partial charge in [0.2, 0.25) is 0 Å². The Morgan fingerprint density at radius 1 is 1.05 bits per heavy atom. The topological polar surface area (TPSA) is 55.0 Å². The molecule has 0 radical (unpaired) electrons. The Morgan fingerprint density at radius 2 is 1.84 bits per heavy atom. The van der Waals surface area contributed by atoms with Crippen LogP contribution in [-0.2, 0) is 0 Å². The number of hydrogen-bond donors (Lipinski definition) is 1. The van der Waals surface area contributed by atoms with Crippen molar-refractivity contribution in [3.8, 4) is 17.1 Å². The molecule has 3 rings (SSSR count). The van der Waals surface area contributed by atoms with Crippen LogP contribution in [0.4, 0.5) is 0 Å². The van der Waals surface area contributed by atoms with Crippen molar-refractivity contribution < 1.29 is 4.74 Å². The zero-order valence-corrected chi connectivity index (χ0v) is 10.4. The van der Waals surface area contributed by atoms with Gasteiger partial charge in [-0.15, -0.1) is 0 Å². The maximum Gasteiger partial charge on any atom is 0.251 e. The molecule has 19 heavy (non-hydrogen) atoms. The summed E-state index contributed by atoms with van der Waals surface area (Å²) < 4.78 is 5.19. The van der Waals surface area contributed by atoms with Gasteiger partial charge >= 0.3 is 0 Å². The van der Waals surface area contributed by atoms with Gasteiger partial charge in [-0.25, -0.2) is 4.98 Å². The summed E-state index contributed by atoms with van der Waals surface area (Å²) >= 11 is 0. The van der Waals surface area contributed by atoms with E-state index in [-0.39, 0.29) is 5.56 Å². The number of methoxy groups -OCH3 is 1. The predicted octanol–water partition coefficient (Wildman–Crippen LogP) is 2.60. The third-order valence-corrected chi connectivity index (χ3v) is 2.99. The van der Waals surface area contributed by atoms with E-state index in [4.69, 9.17) is 4.74 Å². The van der Waals surface area contributed by atoms with Crippen molar-refractivity contribution in [2.45, 2.75) is 0 Å². The summed E-state index contributed by atoms with van der Waals surface area (Å²) in [6, 6.07) is 13.2. The first-order valence-corrected chi connectivity index (χ1v) is 5.90. The second-order valence-corrected chi connectivity index (χ2v) is 4.21. The molecule has 0 atom stereocenters. The van der Waals surface area contributed by atoms with Crippen LogP contribution in [0.5, 0.6) is 5.75 Å². The third kappa shape index (κ3) is 2.20. The fourth-order valence-corrected chi connectivity index (χ4v) is 2.01. The average Bonchev–Trinajstić information content (AvgIpc) is 2.46. The lowest BCUT2D eigenvalue weighted by Crippen LogP contribution is -2.05. The lowest BCUT2D eigenvalue weighted by molar-refractivity contribution is 0.415. The van der Waals surface area contributed by atoms with E-state index in [0.29, 0.717) is 5.82 Å². The second kappa shape index (κ2) is 4.57. The standard InChI is InChI=1S/C15H12N2O2/c1-19-13-5-4-10-8-12(3-2-11(10)9-13)15-16-7-6-14(18)17-15/h2-9H,1H3,(H,16,17,18). The molecule has 0 spiro atoms. The number of rotatable bonds is 2. The molecule has 0 bridgehead atoms. The molecule has 1 N–H and O–H groups in total. The van der Waals surface area contributed by atoms with Crippen LogP contribution < -0.4 is 10.3 Å². The fourth-order valence-electron chi connectivity index (χ4n) is 2.01. The molecule has 0 aliphatic rings. The normalized spacial score (nSPS) is 10.6.